The molecule has 3 rings (SSSR count). The van der Waals surface area contributed by atoms with Crippen LogP contribution in [0, 0.1) is 0 Å². The molecular formula is C24H26ClN3O6S2. The summed E-state index contributed by atoms with van der Waals surface area (Å²) in [5.74, 6) is -0.153. The number of benzene rings is 3. The van der Waals surface area contributed by atoms with Crippen molar-refractivity contribution in [1.82, 2.24) is 10.0 Å². The van der Waals surface area contributed by atoms with E-state index < -0.39 is 20.0 Å². The number of rotatable bonds is 11. The van der Waals surface area contributed by atoms with Gasteiger partial charge in [-0.1, -0.05) is 41.9 Å². The predicted molar refractivity (Wildman–Crippen MR) is 138 cm³/mol. The van der Waals surface area contributed by atoms with Crippen molar-refractivity contribution < 1.29 is 26.4 Å². The van der Waals surface area contributed by atoms with Gasteiger partial charge >= 0.3 is 0 Å². The highest BCUT2D eigenvalue weighted by Crippen LogP contribution is 2.33. The van der Waals surface area contributed by atoms with Gasteiger partial charge in [0.05, 0.1) is 22.6 Å². The summed E-state index contributed by atoms with van der Waals surface area (Å²) in [6.07, 6.45) is -0.0695. The number of halogens is 1. The van der Waals surface area contributed by atoms with Crippen LogP contribution in [0.5, 0.6) is 5.75 Å². The third kappa shape index (κ3) is 6.76. The molecule has 0 unspecified atom stereocenters. The average Bonchev–Trinajstić information content (AvgIpc) is 2.87. The Kier molecular flexibility index (Phi) is 8.96. The van der Waals surface area contributed by atoms with E-state index in [9.17, 15) is 21.6 Å². The maximum absolute atomic E-state index is 13.1. The molecular weight excluding hydrogens is 526 g/mol. The predicted octanol–water partition coefficient (Wildman–Crippen LogP) is 3.16. The smallest absolute Gasteiger partial charge is 0.264 e. The highest BCUT2D eigenvalue weighted by atomic mass is 35.5. The van der Waals surface area contributed by atoms with Crippen LogP contribution in [0.2, 0.25) is 5.02 Å². The maximum atomic E-state index is 13.1. The Balaban J connectivity index is 1.72. The number of hydrogen-bond donors (Lipinski definition) is 2. The molecule has 0 aliphatic rings. The number of carbonyl (C=O) groups is 1. The molecule has 0 aliphatic heterocycles. The van der Waals surface area contributed by atoms with Gasteiger partial charge in [-0.15, -0.1) is 0 Å². The Morgan fingerprint density at radius 2 is 1.58 bits per heavy atom. The summed E-state index contributed by atoms with van der Waals surface area (Å²) in [6.45, 7) is 0.200. The number of sulfonamides is 2. The van der Waals surface area contributed by atoms with E-state index in [0.29, 0.717) is 11.6 Å². The molecule has 0 radical (unpaired) electrons. The summed E-state index contributed by atoms with van der Waals surface area (Å²) in [5, 5.41) is 3.10. The van der Waals surface area contributed by atoms with E-state index in [-0.39, 0.29) is 40.1 Å². The molecule has 0 atom stereocenters. The van der Waals surface area contributed by atoms with Crippen molar-refractivity contribution in [1.29, 1.82) is 0 Å². The van der Waals surface area contributed by atoms with Crippen molar-refractivity contribution in [2.45, 2.75) is 22.8 Å². The van der Waals surface area contributed by atoms with Gasteiger partial charge in [0.15, 0.2) is 0 Å². The van der Waals surface area contributed by atoms with Gasteiger partial charge in [0.2, 0.25) is 15.9 Å². The lowest BCUT2D eigenvalue weighted by Gasteiger charge is -2.22. The van der Waals surface area contributed by atoms with Crippen molar-refractivity contribution in [3.8, 4) is 5.75 Å². The van der Waals surface area contributed by atoms with Crippen LogP contribution < -0.4 is 19.1 Å². The Hall–Kier alpha value is -3.12. The summed E-state index contributed by atoms with van der Waals surface area (Å²) in [4.78, 5) is 11.9. The zero-order valence-corrected chi connectivity index (χ0v) is 22.0. The zero-order valence-electron chi connectivity index (χ0n) is 19.6. The molecule has 192 valence electrons. The van der Waals surface area contributed by atoms with Gasteiger partial charge in [0.1, 0.15) is 5.75 Å². The number of anilines is 1. The van der Waals surface area contributed by atoms with Gasteiger partial charge in [-0.25, -0.2) is 21.6 Å². The van der Waals surface area contributed by atoms with Crippen LogP contribution in [0.4, 0.5) is 5.69 Å². The number of methoxy groups -OCH3 is 1. The molecule has 0 saturated heterocycles. The molecule has 12 heteroatoms. The van der Waals surface area contributed by atoms with Gasteiger partial charge < -0.3 is 10.1 Å². The Morgan fingerprint density at radius 1 is 0.944 bits per heavy atom. The van der Waals surface area contributed by atoms with E-state index >= 15 is 0 Å². The molecule has 0 aliphatic carbocycles. The second-order valence-corrected chi connectivity index (χ2v) is 11.8. The van der Waals surface area contributed by atoms with Crippen molar-refractivity contribution in [3.05, 3.63) is 83.4 Å². The Labute approximate surface area is 216 Å². The van der Waals surface area contributed by atoms with Crippen LogP contribution in [0.15, 0.2) is 82.6 Å². The molecule has 0 saturated carbocycles. The van der Waals surface area contributed by atoms with E-state index in [4.69, 9.17) is 16.3 Å². The minimum absolute atomic E-state index is 0.0237. The summed E-state index contributed by atoms with van der Waals surface area (Å²) < 4.78 is 60.5. The van der Waals surface area contributed by atoms with Crippen LogP contribution in [0.3, 0.4) is 0 Å². The van der Waals surface area contributed by atoms with Gasteiger partial charge in [0.25, 0.3) is 10.0 Å². The van der Waals surface area contributed by atoms with Crippen LogP contribution >= 0.6 is 11.6 Å². The molecule has 1 amide bonds. The van der Waals surface area contributed by atoms with Gasteiger partial charge in [-0.2, -0.15) is 0 Å². The SMILES string of the molecule is COc1ccc(S(=O)(=O)NCCC(=O)NCc2ccccc2)cc1N(C)S(=O)(=O)c1ccc(Cl)cc1. The monoisotopic (exact) mass is 551 g/mol. The van der Waals surface area contributed by atoms with Gasteiger partial charge in [-0.05, 0) is 48.0 Å². The topological polar surface area (TPSA) is 122 Å². The summed E-state index contributed by atoms with van der Waals surface area (Å²) >= 11 is 5.86. The maximum Gasteiger partial charge on any atom is 0.264 e. The van der Waals surface area contributed by atoms with Crippen LogP contribution in [0.1, 0.15) is 12.0 Å². The number of hydrogen-bond acceptors (Lipinski definition) is 6. The molecule has 0 bridgehead atoms. The second kappa shape index (κ2) is 11.7. The number of nitrogens with zero attached hydrogens (tertiary/aromatic N) is 1. The van der Waals surface area contributed by atoms with Crippen LogP contribution in [-0.4, -0.2) is 43.4 Å². The first-order valence-corrected chi connectivity index (χ1v) is 14.1. The molecule has 0 fully saturated rings. The molecule has 3 aromatic carbocycles. The quantitative estimate of drug-likeness (QED) is 0.377. The van der Waals surface area contributed by atoms with E-state index in [0.717, 1.165) is 9.87 Å². The van der Waals surface area contributed by atoms with Crippen molar-refractivity contribution in [2.75, 3.05) is 25.0 Å². The summed E-state index contributed by atoms with van der Waals surface area (Å²) in [5.41, 5.74) is 0.950. The molecule has 36 heavy (non-hydrogen) atoms. The minimum Gasteiger partial charge on any atom is -0.495 e. The van der Waals surface area contributed by atoms with E-state index in [1.807, 2.05) is 30.3 Å². The average molecular weight is 552 g/mol. The van der Waals surface area contributed by atoms with Crippen molar-refractivity contribution in [3.63, 3.8) is 0 Å². The molecule has 0 spiro atoms. The first-order valence-electron chi connectivity index (χ1n) is 10.8. The van der Waals surface area contributed by atoms with Gasteiger partial charge in [0, 0.05) is 31.6 Å². The van der Waals surface area contributed by atoms with E-state index in [1.54, 1.807) is 0 Å². The van der Waals surface area contributed by atoms with Crippen molar-refractivity contribution >= 4 is 43.2 Å². The molecule has 3 aromatic rings. The fourth-order valence-electron chi connectivity index (χ4n) is 3.24. The van der Waals surface area contributed by atoms with Crippen LogP contribution in [-0.2, 0) is 31.4 Å². The number of amides is 1. The molecule has 9 nitrogen and oxygen atoms in total. The van der Waals surface area contributed by atoms with Gasteiger partial charge in [-0.3, -0.25) is 9.10 Å². The normalized spacial score (nSPS) is 11.6. The summed E-state index contributed by atoms with van der Waals surface area (Å²) in [6, 6.07) is 18.8. The number of ether oxygens (including phenoxy) is 1. The first kappa shape index (κ1) is 27.5. The number of nitrogens with one attached hydrogen (secondary N) is 2. The molecule has 2 N–H and O–H groups in total. The lowest BCUT2D eigenvalue weighted by molar-refractivity contribution is -0.121. The number of carbonyl (C=O) groups excluding carboxylic acids is 1. The molecule has 0 heterocycles. The van der Waals surface area contributed by atoms with E-state index in [2.05, 4.69) is 10.0 Å². The lowest BCUT2D eigenvalue weighted by atomic mass is 10.2. The van der Waals surface area contributed by atoms with Crippen LogP contribution in [0.25, 0.3) is 0 Å². The summed E-state index contributed by atoms with van der Waals surface area (Å²) in [7, 11) is -5.44. The fourth-order valence-corrected chi connectivity index (χ4v) is 5.62. The third-order valence-corrected chi connectivity index (χ3v) is 8.74. The van der Waals surface area contributed by atoms with Crippen molar-refractivity contribution in [2.24, 2.45) is 0 Å². The molecule has 0 aromatic heterocycles. The third-order valence-electron chi connectivity index (χ3n) is 5.25. The second-order valence-electron chi connectivity index (χ2n) is 7.67. The Bertz CT molecular complexity index is 1410. The minimum atomic E-state index is -4.04. The first-order chi connectivity index (χ1) is 17.0. The highest BCUT2D eigenvalue weighted by Gasteiger charge is 2.26. The standard InChI is InChI=1S/C24H26ClN3O6S2/c1-28(36(32,33)20-10-8-19(25)9-11-20)22-16-21(12-13-23(22)34-2)35(30,31)27-15-14-24(29)26-17-18-6-4-3-5-7-18/h3-13,16,27H,14-15,17H2,1-2H3,(H,26,29). The van der Waals surface area contributed by atoms with E-state index in [1.165, 1.54) is 56.6 Å². The zero-order chi connectivity index (χ0) is 26.3. The largest absolute Gasteiger partial charge is 0.495 e. The Morgan fingerprint density at radius 3 is 2.22 bits per heavy atom. The fraction of sp³-hybridized carbons (Fsp3) is 0.208. The highest BCUT2D eigenvalue weighted by molar-refractivity contribution is 7.92. The lowest BCUT2D eigenvalue weighted by Crippen LogP contribution is -2.31.